The molecule has 8 heteroatoms. The summed E-state index contributed by atoms with van der Waals surface area (Å²) in [5.74, 6) is -1.08. The van der Waals surface area contributed by atoms with Crippen molar-refractivity contribution in [2.24, 2.45) is 0 Å². The molecule has 0 radical (unpaired) electrons. The van der Waals surface area contributed by atoms with E-state index >= 15 is 0 Å². The maximum Gasteiger partial charge on any atom is 0.242 e. The molecule has 0 aliphatic heterocycles. The molecular formula is C22H20ClFN2O3S. The van der Waals surface area contributed by atoms with Crippen molar-refractivity contribution < 1.29 is 17.6 Å². The van der Waals surface area contributed by atoms with Crippen molar-refractivity contribution in [2.45, 2.75) is 24.3 Å². The van der Waals surface area contributed by atoms with E-state index < -0.39 is 27.8 Å². The third kappa shape index (κ3) is 5.66. The summed E-state index contributed by atoms with van der Waals surface area (Å²) in [6.45, 7) is 1.81. The summed E-state index contributed by atoms with van der Waals surface area (Å²) in [6.07, 6.45) is 0.132. The lowest BCUT2D eigenvalue weighted by Crippen LogP contribution is -2.45. The molecular weight excluding hydrogens is 427 g/mol. The maximum absolute atomic E-state index is 13.2. The average molecular weight is 447 g/mol. The number of hydrogen-bond donors (Lipinski definition) is 2. The SMILES string of the molecule is Cc1ccc(Cl)cc1NC(=O)[C@H](Cc1ccccc1)NS(=O)(=O)c1ccc(F)cc1. The fraction of sp³-hybridized carbons (Fsp3) is 0.136. The summed E-state index contributed by atoms with van der Waals surface area (Å²) in [5, 5.41) is 3.19. The summed E-state index contributed by atoms with van der Waals surface area (Å²) in [7, 11) is -4.06. The van der Waals surface area contributed by atoms with Gasteiger partial charge in [0.1, 0.15) is 11.9 Å². The van der Waals surface area contributed by atoms with Gasteiger partial charge >= 0.3 is 0 Å². The zero-order chi connectivity index (χ0) is 21.7. The topological polar surface area (TPSA) is 75.3 Å². The number of benzene rings is 3. The summed E-state index contributed by atoms with van der Waals surface area (Å²) < 4.78 is 41.2. The molecule has 0 bridgehead atoms. The second kappa shape index (κ2) is 9.38. The first-order valence-corrected chi connectivity index (χ1v) is 11.0. The highest BCUT2D eigenvalue weighted by Crippen LogP contribution is 2.21. The summed E-state index contributed by atoms with van der Waals surface area (Å²) >= 11 is 6.02. The van der Waals surface area contributed by atoms with Gasteiger partial charge in [0.05, 0.1) is 4.90 Å². The average Bonchev–Trinajstić information content (AvgIpc) is 2.71. The van der Waals surface area contributed by atoms with Gasteiger partial charge in [-0.25, -0.2) is 12.8 Å². The highest BCUT2D eigenvalue weighted by atomic mass is 35.5. The van der Waals surface area contributed by atoms with Gasteiger partial charge in [0.2, 0.25) is 15.9 Å². The molecule has 2 N–H and O–H groups in total. The van der Waals surface area contributed by atoms with E-state index in [1.165, 1.54) is 0 Å². The molecule has 5 nitrogen and oxygen atoms in total. The molecule has 3 rings (SSSR count). The maximum atomic E-state index is 13.2. The van der Waals surface area contributed by atoms with Crippen LogP contribution in [0.15, 0.2) is 77.7 Å². The van der Waals surface area contributed by atoms with Crippen molar-refractivity contribution in [1.82, 2.24) is 4.72 Å². The van der Waals surface area contributed by atoms with E-state index in [1.807, 2.05) is 6.07 Å². The van der Waals surface area contributed by atoms with Crippen molar-refractivity contribution in [3.63, 3.8) is 0 Å². The fourth-order valence-corrected chi connectivity index (χ4v) is 4.22. The van der Waals surface area contributed by atoms with Gasteiger partial charge in [0.25, 0.3) is 0 Å². The van der Waals surface area contributed by atoms with Gasteiger partial charge < -0.3 is 5.32 Å². The van der Waals surface area contributed by atoms with Gasteiger partial charge in [-0.05, 0) is 60.9 Å². The zero-order valence-corrected chi connectivity index (χ0v) is 17.7. The molecule has 0 saturated carbocycles. The van der Waals surface area contributed by atoms with Gasteiger partial charge in [-0.3, -0.25) is 4.79 Å². The minimum absolute atomic E-state index is 0.131. The Kier molecular flexibility index (Phi) is 6.87. The Morgan fingerprint density at radius 1 is 1.03 bits per heavy atom. The minimum atomic E-state index is -4.06. The third-order valence-corrected chi connectivity index (χ3v) is 6.20. The van der Waals surface area contributed by atoms with Crippen LogP contribution in [0.5, 0.6) is 0 Å². The summed E-state index contributed by atoms with van der Waals surface area (Å²) in [5.41, 5.74) is 2.06. The first-order valence-electron chi connectivity index (χ1n) is 9.13. The number of aryl methyl sites for hydroxylation is 1. The molecule has 0 fully saturated rings. The molecule has 0 aromatic heterocycles. The molecule has 0 saturated heterocycles. The molecule has 3 aromatic rings. The predicted octanol–water partition coefficient (Wildman–Crippen LogP) is 4.32. The Hall–Kier alpha value is -2.74. The van der Waals surface area contributed by atoms with Gasteiger partial charge in [-0.1, -0.05) is 48.0 Å². The van der Waals surface area contributed by atoms with E-state index in [9.17, 15) is 17.6 Å². The number of carbonyl (C=O) groups is 1. The summed E-state index contributed by atoms with van der Waals surface area (Å²) in [6, 6.07) is 17.4. The standard InChI is InChI=1S/C22H20ClFN2O3S/c1-15-7-8-17(23)14-20(15)25-22(27)21(13-16-5-3-2-4-6-16)26-30(28,29)19-11-9-18(24)10-12-19/h2-12,14,21,26H,13H2,1H3,(H,25,27)/t21-/m0/s1. The van der Waals surface area contributed by atoms with Crippen molar-refractivity contribution in [3.8, 4) is 0 Å². The Bertz CT molecular complexity index is 1140. The molecule has 1 amide bonds. The number of amides is 1. The second-order valence-corrected chi connectivity index (χ2v) is 8.92. The highest BCUT2D eigenvalue weighted by Gasteiger charge is 2.26. The normalized spacial score (nSPS) is 12.4. The van der Waals surface area contributed by atoms with Crippen molar-refractivity contribution in [3.05, 3.63) is 94.8 Å². The molecule has 0 aliphatic rings. The molecule has 156 valence electrons. The van der Waals surface area contributed by atoms with Gasteiger partial charge in [0.15, 0.2) is 0 Å². The van der Waals surface area contributed by atoms with Crippen molar-refractivity contribution in [2.75, 3.05) is 5.32 Å². The number of rotatable bonds is 7. The van der Waals surface area contributed by atoms with Crippen molar-refractivity contribution in [1.29, 1.82) is 0 Å². The second-order valence-electron chi connectivity index (χ2n) is 6.77. The Balaban J connectivity index is 1.88. The van der Waals surface area contributed by atoms with Crippen LogP contribution in [0.2, 0.25) is 5.02 Å². The Morgan fingerprint density at radius 2 is 1.70 bits per heavy atom. The number of anilines is 1. The number of nitrogens with one attached hydrogen (secondary N) is 2. The lowest BCUT2D eigenvalue weighted by atomic mass is 10.1. The van der Waals surface area contributed by atoms with E-state index in [0.717, 1.165) is 35.4 Å². The van der Waals surface area contributed by atoms with E-state index in [0.29, 0.717) is 10.7 Å². The quantitative estimate of drug-likeness (QED) is 0.567. The Labute approximate surface area is 179 Å². The number of sulfonamides is 1. The van der Waals surface area contributed by atoms with Gasteiger partial charge in [-0.2, -0.15) is 4.72 Å². The van der Waals surface area contributed by atoms with Gasteiger partial charge in [-0.15, -0.1) is 0 Å². The minimum Gasteiger partial charge on any atom is -0.324 e. The van der Waals surface area contributed by atoms with Crippen LogP contribution >= 0.6 is 11.6 Å². The predicted molar refractivity (Wildman–Crippen MR) is 115 cm³/mol. The molecule has 0 unspecified atom stereocenters. The van der Waals surface area contributed by atoms with Crippen LogP contribution in [0.3, 0.4) is 0 Å². The molecule has 0 heterocycles. The highest BCUT2D eigenvalue weighted by molar-refractivity contribution is 7.89. The zero-order valence-electron chi connectivity index (χ0n) is 16.1. The van der Waals surface area contributed by atoms with E-state index in [2.05, 4.69) is 10.0 Å². The molecule has 3 aromatic carbocycles. The van der Waals surface area contributed by atoms with Crippen LogP contribution in [0.25, 0.3) is 0 Å². The molecule has 30 heavy (non-hydrogen) atoms. The van der Waals surface area contributed by atoms with Crippen LogP contribution in [-0.4, -0.2) is 20.4 Å². The Morgan fingerprint density at radius 3 is 2.37 bits per heavy atom. The smallest absolute Gasteiger partial charge is 0.242 e. The van der Waals surface area contributed by atoms with E-state index in [4.69, 9.17) is 11.6 Å². The van der Waals surface area contributed by atoms with Gasteiger partial charge in [0, 0.05) is 10.7 Å². The van der Waals surface area contributed by atoms with Crippen molar-refractivity contribution >= 4 is 33.2 Å². The summed E-state index contributed by atoms with van der Waals surface area (Å²) in [4.78, 5) is 12.9. The van der Waals surface area contributed by atoms with Crippen LogP contribution in [-0.2, 0) is 21.2 Å². The largest absolute Gasteiger partial charge is 0.324 e. The van der Waals surface area contributed by atoms with Crippen LogP contribution < -0.4 is 10.0 Å². The van der Waals surface area contributed by atoms with Crippen LogP contribution in [0.1, 0.15) is 11.1 Å². The first-order chi connectivity index (χ1) is 14.2. The van der Waals surface area contributed by atoms with Crippen LogP contribution in [0, 0.1) is 12.7 Å². The number of hydrogen-bond acceptors (Lipinski definition) is 3. The lowest BCUT2D eigenvalue weighted by Gasteiger charge is -2.19. The fourth-order valence-electron chi connectivity index (χ4n) is 2.86. The number of halogens is 2. The molecule has 0 aliphatic carbocycles. The molecule has 0 spiro atoms. The van der Waals surface area contributed by atoms with E-state index in [1.54, 1.807) is 49.4 Å². The number of carbonyl (C=O) groups excluding carboxylic acids is 1. The van der Waals surface area contributed by atoms with Crippen LogP contribution in [0.4, 0.5) is 10.1 Å². The van der Waals surface area contributed by atoms with E-state index in [-0.39, 0.29) is 11.3 Å². The molecule has 1 atom stereocenters. The lowest BCUT2D eigenvalue weighted by molar-refractivity contribution is -0.117. The monoisotopic (exact) mass is 446 g/mol. The first kappa shape index (κ1) is 22.0. The third-order valence-electron chi connectivity index (χ3n) is 4.48.